The van der Waals surface area contributed by atoms with Crippen molar-refractivity contribution in [3.63, 3.8) is 0 Å². The van der Waals surface area contributed by atoms with Crippen LogP contribution in [0.1, 0.15) is 45.4 Å². The molecule has 2 unspecified atom stereocenters. The van der Waals surface area contributed by atoms with Crippen molar-refractivity contribution in [1.29, 1.82) is 0 Å². The van der Waals surface area contributed by atoms with E-state index in [1.807, 2.05) is 0 Å². The molecule has 0 spiro atoms. The smallest absolute Gasteiger partial charge is 0.220 e. The van der Waals surface area contributed by atoms with E-state index < -0.39 is 0 Å². The molecule has 0 radical (unpaired) electrons. The first-order valence-electron chi connectivity index (χ1n) is 6.66. The van der Waals surface area contributed by atoms with Crippen molar-refractivity contribution in [2.75, 3.05) is 18.5 Å². The molecule has 2 atom stereocenters. The lowest BCUT2D eigenvalue weighted by Gasteiger charge is -2.22. The average Bonchev–Trinajstić information content (AvgIpc) is 2.35. The van der Waals surface area contributed by atoms with Crippen LogP contribution in [0.4, 0.5) is 0 Å². The molecule has 1 amide bonds. The Balaban J connectivity index is 2.04. The molecule has 0 saturated carbocycles. The molecule has 3 nitrogen and oxygen atoms in total. The number of hydrogen-bond acceptors (Lipinski definition) is 2. The minimum absolute atomic E-state index is 0.167. The summed E-state index contributed by atoms with van der Waals surface area (Å²) >= 11 is 3.41. The van der Waals surface area contributed by atoms with E-state index in [0.717, 1.165) is 37.7 Å². The summed E-state index contributed by atoms with van der Waals surface area (Å²) in [6, 6.07) is 0. The summed E-state index contributed by atoms with van der Waals surface area (Å²) in [7, 11) is 0. The molecule has 1 saturated heterocycles. The van der Waals surface area contributed by atoms with Crippen molar-refractivity contribution >= 4 is 21.8 Å². The summed E-state index contributed by atoms with van der Waals surface area (Å²) in [5, 5.41) is 3.99. The molecule has 1 fully saturated rings. The first kappa shape index (κ1) is 15.0. The van der Waals surface area contributed by atoms with Gasteiger partial charge in [0.15, 0.2) is 0 Å². The zero-order valence-corrected chi connectivity index (χ0v) is 12.3. The number of carbonyl (C=O) groups is 1. The molecule has 0 bridgehead atoms. The maximum atomic E-state index is 11.6. The van der Waals surface area contributed by atoms with Gasteiger partial charge in [-0.2, -0.15) is 0 Å². The second kappa shape index (κ2) is 8.92. The second-order valence-electron chi connectivity index (χ2n) is 4.91. The summed E-state index contributed by atoms with van der Waals surface area (Å²) in [6.45, 7) is 3.82. The maximum absolute atomic E-state index is 11.6. The van der Waals surface area contributed by atoms with Crippen molar-refractivity contribution < 1.29 is 9.53 Å². The van der Waals surface area contributed by atoms with E-state index in [2.05, 4.69) is 28.2 Å². The molecule has 0 aliphatic carbocycles. The van der Waals surface area contributed by atoms with E-state index in [1.54, 1.807) is 0 Å². The summed E-state index contributed by atoms with van der Waals surface area (Å²) in [4.78, 5) is 11.6. The molecule has 1 aliphatic heterocycles. The van der Waals surface area contributed by atoms with Crippen molar-refractivity contribution in [2.45, 2.75) is 51.6 Å². The lowest BCUT2D eigenvalue weighted by atomic mass is 10.0. The third-order valence-corrected chi connectivity index (χ3v) is 3.67. The van der Waals surface area contributed by atoms with Crippen LogP contribution in [-0.2, 0) is 9.53 Å². The highest BCUT2D eigenvalue weighted by molar-refractivity contribution is 9.09. The van der Waals surface area contributed by atoms with Crippen molar-refractivity contribution in [3.8, 4) is 0 Å². The fourth-order valence-corrected chi connectivity index (χ4v) is 2.77. The number of nitrogens with one attached hydrogen (secondary N) is 1. The van der Waals surface area contributed by atoms with Gasteiger partial charge in [0, 0.05) is 24.9 Å². The molecular weight excluding hydrogens is 282 g/mol. The van der Waals surface area contributed by atoms with Gasteiger partial charge in [-0.25, -0.2) is 0 Å². The Morgan fingerprint density at radius 2 is 2.35 bits per heavy atom. The normalized spacial score (nSPS) is 22.1. The Kier molecular flexibility index (Phi) is 7.86. The molecule has 4 heteroatoms. The Labute approximate surface area is 113 Å². The van der Waals surface area contributed by atoms with Gasteiger partial charge in [-0.15, -0.1) is 0 Å². The monoisotopic (exact) mass is 305 g/mol. The highest BCUT2D eigenvalue weighted by Gasteiger charge is 2.15. The lowest BCUT2D eigenvalue weighted by Crippen LogP contribution is -2.29. The maximum Gasteiger partial charge on any atom is 0.220 e. The van der Waals surface area contributed by atoms with Crippen LogP contribution in [0.5, 0.6) is 0 Å². The minimum atomic E-state index is 0.167. The van der Waals surface area contributed by atoms with E-state index in [9.17, 15) is 4.79 Å². The Bertz CT molecular complexity index is 217. The van der Waals surface area contributed by atoms with Gasteiger partial charge in [-0.1, -0.05) is 22.9 Å². The molecule has 0 aromatic heterocycles. The number of alkyl halides is 1. The predicted octanol–water partition coefficient (Wildman–Crippen LogP) is 2.87. The predicted molar refractivity (Wildman–Crippen MR) is 73.4 cm³/mol. The lowest BCUT2D eigenvalue weighted by molar-refractivity contribution is -0.122. The van der Waals surface area contributed by atoms with Crippen LogP contribution >= 0.6 is 15.9 Å². The van der Waals surface area contributed by atoms with Gasteiger partial charge in [0.25, 0.3) is 0 Å². The van der Waals surface area contributed by atoms with Crippen LogP contribution < -0.4 is 5.32 Å². The standard InChI is InChI=1S/C13H24BrNO2/c1-11(7-8-14)10-15-13(16)6-5-12-4-2-3-9-17-12/h11-12H,2-10H2,1H3,(H,15,16). The minimum Gasteiger partial charge on any atom is -0.378 e. The number of rotatable bonds is 7. The van der Waals surface area contributed by atoms with Crippen molar-refractivity contribution in [2.24, 2.45) is 5.92 Å². The molecule has 0 aromatic rings. The zero-order valence-electron chi connectivity index (χ0n) is 10.7. The molecule has 0 aromatic carbocycles. The van der Waals surface area contributed by atoms with Gasteiger partial charge in [0.2, 0.25) is 5.91 Å². The van der Waals surface area contributed by atoms with Gasteiger partial charge in [0.1, 0.15) is 0 Å². The highest BCUT2D eigenvalue weighted by atomic mass is 79.9. The zero-order chi connectivity index (χ0) is 12.5. The Morgan fingerprint density at radius 3 is 3.00 bits per heavy atom. The van der Waals surface area contributed by atoms with Crippen LogP contribution in [-0.4, -0.2) is 30.5 Å². The van der Waals surface area contributed by atoms with E-state index >= 15 is 0 Å². The van der Waals surface area contributed by atoms with Gasteiger partial charge in [-0.3, -0.25) is 4.79 Å². The number of halogens is 1. The van der Waals surface area contributed by atoms with Crippen LogP contribution in [0.2, 0.25) is 0 Å². The number of amides is 1. The molecule has 1 rings (SSSR count). The number of carbonyl (C=O) groups excluding carboxylic acids is 1. The number of ether oxygens (including phenoxy) is 1. The SMILES string of the molecule is CC(CCBr)CNC(=O)CCC1CCCCO1. The summed E-state index contributed by atoms with van der Waals surface area (Å²) < 4.78 is 5.61. The van der Waals surface area contributed by atoms with Gasteiger partial charge >= 0.3 is 0 Å². The fourth-order valence-electron chi connectivity index (χ4n) is 1.99. The van der Waals surface area contributed by atoms with Crippen molar-refractivity contribution in [1.82, 2.24) is 5.32 Å². The van der Waals surface area contributed by atoms with Crippen LogP contribution in [0.25, 0.3) is 0 Å². The second-order valence-corrected chi connectivity index (χ2v) is 5.71. The summed E-state index contributed by atoms with van der Waals surface area (Å²) in [6.07, 6.45) is 6.43. The summed E-state index contributed by atoms with van der Waals surface area (Å²) in [5.41, 5.74) is 0. The van der Waals surface area contributed by atoms with E-state index in [-0.39, 0.29) is 5.91 Å². The van der Waals surface area contributed by atoms with Gasteiger partial charge < -0.3 is 10.1 Å². The first-order chi connectivity index (χ1) is 8.22. The molecule has 17 heavy (non-hydrogen) atoms. The fraction of sp³-hybridized carbons (Fsp3) is 0.923. The Morgan fingerprint density at radius 1 is 1.53 bits per heavy atom. The largest absolute Gasteiger partial charge is 0.378 e. The quantitative estimate of drug-likeness (QED) is 0.735. The summed E-state index contributed by atoms with van der Waals surface area (Å²) in [5.74, 6) is 0.713. The molecule has 1 heterocycles. The van der Waals surface area contributed by atoms with Crippen LogP contribution in [0, 0.1) is 5.92 Å². The highest BCUT2D eigenvalue weighted by Crippen LogP contribution is 2.16. The Hall–Kier alpha value is -0.0900. The van der Waals surface area contributed by atoms with Crippen LogP contribution in [0.15, 0.2) is 0 Å². The molecule has 100 valence electrons. The third kappa shape index (κ3) is 7.04. The van der Waals surface area contributed by atoms with Crippen LogP contribution in [0.3, 0.4) is 0 Å². The molecule has 1 aliphatic rings. The van der Waals surface area contributed by atoms with Crippen molar-refractivity contribution in [3.05, 3.63) is 0 Å². The van der Waals surface area contributed by atoms with E-state index in [1.165, 1.54) is 12.8 Å². The van der Waals surface area contributed by atoms with E-state index in [0.29, 0.717) is 18.4 Å². The third-order valence-electron chi connectivity index (χ3n) is 3.22. The average molecular weight is 306 g/mol. The van der Waals surface area contributed by atoms with Gasteiger partial charge in [-0.05, 0) is 38.0 Å². The number of hydrogen-bond donors (Lipinski definition) is 1. The van der Waals surface area contributed by atoms with E-state index in [4.69, 9.17) is 4.74 Å². The van der Waals surface area contributed by atoms with Gasteiger partial charge in [0.05, 0.1) is 6.10 Å². The topological polar surface area (TPSA) is 38.3 Å². The molecular formula is C13H24BrNO2. The molecule has 1 N–H and O–H groups in total. The first-order valence-corrected chi connectivity index (χ1v) is 7.78.